The monoisotopic (exact) mass is 198 g/mol. The lowest BCUT2D eigenvalue weighted by atomic mass is 10.0. The number of allylic oxidation sites excluding steroid dienone is 2. The van der Waals surface area contributed by atoms with E-state index in [1.165, 1.54) is 0 Å². The average molecular weight is 198 g/mol. The normalized spacial score (nSPS) is 13.5. The van der Waals surface area contributed by atoms with Crippen molar-refractivity contribution >= 4 is 5.97 Å². The fourth-order valence-corrected chi connectivity index (χ4v) is 1.13. The third kappa shape index (κ3) is 7.84. The van der Waals surface area contributed by atoms with Gasteiger partial charge in [-0.15, -0.1) is 0 Å². The predicted molar refractivity (Wildman–Crippen MR) is 59.0 cm³/mol. The molecule has 2 heteroatoms. The molecule has 0 rings (SSSR count). The van der Waals surface area contributed by atoms with Crippen LogP contribution in [0.1, 0.15) is 40.5 Å². The maximum atomic E-state index is 11.1. The van der Waals surface area contributed by atoms with Crippen LogP contribution in [-0.4, -0.2) is 12.6 Å². The summed E-state index contributed by atoms with van der Waals surface area (Å²) in [6, 6.07) is 0. The molecule has 1 atom stereocenters. The molecule has 0 bridgehead atoms. The molecule has 0 aliphatic carbocycles. The Labute approximate surface area is 87.3 Å². The summed E-state index contributed by atoms with van der Waals surface area (Å²) < 4.78 is 4.87. The molecule has 0 unspecified atom stereocenters. The van der Waals surface area contributed by atoms with Crippen molar-refractivity contribution in [2.45, 2.75) is 40.5 Å². The topological polar surface area (TPSA) is 26.3 Å². The molecule has 0 aromatic carbocycles. The fourth-order valence-electron chi connectivity index (χ4n) is 1.13. The SMILES string of the molecule is CCOC(=O)C[C@H](C)C=CCC(C)C. The molecule has 14 heavy (non-hydrogen) atoms. The molecule has 0 aromatic rings. The predicted octanol–water partition coefficient (Wildman–Crippen LogP) is 3.18. The van der Waals surface area contributed by atoms with E-state index in [-0.39, 0.29) is 11.9 Å². The second kappa shape index (κ2) is 7.60. The summed E-state index contributed by atoms with van der Waals surface area (Å²) in [6.45, 7) is 8.70. The molecule has 82 valence electrons. The minimum Gasteiger partial charge on any atom is -0.466 e. The molecule has 0 amide bonds. The van der Waals surface area contributed by atoms with Crippen molar-refractivity contribution in [2.75, 3.05) is 6.61 Å². The van der Waals surface area contributed by atoms with Gasteiger partial charge >= 0.3 is 5.97 Å². The average Bonchev–Trinajstić information content (AvgIpc) is 2.03. The summed E-state index contributed by atoms with van der Waals surface area (Å²) in [4.78, 5) is 11.1. The van der Waals surface area contributed by atoms with Crippen LogP contribution >= 0.6 is 0 Å². The third-order valence-electron chi connectivity index (χ3n) is 1.87. The summed E-state index contributed by atoms with van der Waals surface area (Å²) in [7, 11) is 0. The first kappa shape index (κ1) is 13.2. The number of carbonyl (C=O) groups excluding carboxylic acids is 1. The van der Waals surface area contributed by atoms with Gasteiger partial charge in [-0.05, 0) is 25.2 Å². The summed E-state index contributed by atoms with van der Waals surface area (Å²) in [5.41, 5.74) is 0. The maximum Gasteiger partial charge on any atom is 0.306 e. The Morgan fingerprint density at radius 3 is 2.50 bits per heavy atom. The molecule has 0 saturated carbocycles. The number of hydrogen-bond acceptors (Lipinski definition) is 2. The van der Waals surface area contributed by atoms with Gasteiger partial charge in [0.05, 0.1) is 13.0 Å². The molecule has 0 aliphatic rings. The van der Waals surface area contributed by atoms with Crippen LogP contribution in [0.3, 0.4) is 0 Å². The highest BCUT2D eigenvalue weighted by molar-refractivity contribution is 5.69. The van der Waals surface area contributed by atoms with Crippen LogP contribution in [0.25, 0.3) is 0 Å². The van der Waals surface area contributed by atoms with Crippen LogP contribution in [-0.2, 0) is 9.53 Å². The molecule has 0 spiro atoms. The summed E-state index contributed by atoms with van der Waals surface area (Å²) >= 11 is 0. The van der Waals surface area contributed by atoms with Crippen molar-refractivity contribution < 1.29 is 9.53 Å². The molecule has 0 aliphatic heterocycles. The molecule has 0 saturated heterocycles. The number of ether oxygens (including phenoxy) is 1. The van der Waals surface area contributed by atoms with Crippen LogP contribution < -0.4 is 0 Å². The number of carbonyl (C=O) groups is 1. The van der Waals surface area contributed by atoms with Gasteiger partial charge < -0.3 is 4.74 Å². The molecule has 0 radical (unpaired) electrons. The van der Waals surface area contributed by atoms with Crippen molar-refractivity contribution in [1.82, 2.24) is 0 Å². The van der Waals surface area contributed by atoms with Crippen LogP contribution in [0.15, 0.2) is 12.2 Å². The van der Waals surface area contributed by atoms with Gasteiger partial charge in [0.25, 0.3) is 0 Å². The first-order chi connectivity index (χ1) is 6.56. The zero-order valence-electron chi connectivity index (χ0n) is 9.75. The van der Waals surface area contributed by atoms with E-state index in [4.69, 9.17) is 4.74 Å². The summed E-state index contributed by atoms with van der Waals surface area (Å²) in [5.74, 6) is 0.864. The molecule has 0 fully saturated rings. The van der Waals surface area contributed by atoms with Gasteiger partial charge in [0, 0.05) is 0 Å². The van der Waals surface area contributed by atoms with Gasteiger partial charge in [0.15, 0.2) is 0 Å². The fraction of sp³-hybridized carbons (Fsp3) is 0.750. The molecular formula is C12H22O2. The van der Waals surface area contributed by atoms with Gasteiger partial charge in [-0.25, -0.2) is 0 Å². The van der Waals surface area contributed by atoms with Gasteiger partial charge in [0.2, 0.25) is 0 Å². The number of hydrogen-bond donors (Lipinski definition) is 0. The van der Waals surface area contributed by atoms with Crippen molar-refractivity contribution in [2.24, 2.45) is 11.8 Å². The van der Waals surface area contributed by atoms with E-state index in [9.17, 15) is 4.79 Å². The molecule has 0 heterocycles. The summed E-state index contributed by atoms with van der Waals surface area (Å²) in [5, 5.41) is 0. The van der Waals surface area contributed by atoms with Crippen LogP contribution in [0.5, 0.6) is 0 Å². The van der Waals surface area contributed by atoms with Gasteiger partial charge in [-0.3, -0.25) is 4.79 Å². The van der Waals surface area contributed by atoms with E-state index in [1.807, 2.05) is 13.8 Å². The van der Waals surface area contributed by atoms with Crippen LogP contribution in [0.2, 0.25) is 0 Å². The van der Waals surface area contributed by atoms with E-state index in [2.05, 4.69) is 26.0 Å². The second-order valence-corrected chi connectivity index (χ2v) is 4.04. The smallest absolute Gasteiger partial charge is 0.306 e. The standard InChI is InChI=1S/C12H22O2/c1-5-14-12(13)9-11(4)8-6-7-10(2)3/h6,8,10-11H,5,7,9H2,1-4H3/t11-/m1/s1. The Morgan fingerprint density at radius 2 is 2.00 bits per heavy atom. The van der Waals surface area contributed by atoms with Gasteiger partial charge in [-0.2, -0.15) is 0 Å². The second-order valence-electron chi connectivity index (χ2n) is 4.04. The van der Waals surface area contributed by atoms with Crippen molar-refractivity contribution in [3.63, 3.8) is 0 Å². The largest absolute Gasteiger partial charge is 0.466 e. The lowest BCUT2D eigenvalue weighted by Crippen LogP contribution is -2.07. The van der Waals surface area contributed by atoms with Gasteiger partial charge in [-0.1, -0.05) is 32.9 Å². The Hall–Kier alpha value is -0.790. The van der Waals surface area contributed by atoms with Crippen LogP contribution in [0.4, 0.5) is 0 Å². The summed E-state index contributed by atoms with van der Waals surface area (Å²) in [6.07, 6.45) is 5.81. The highest BCUT2D eigenvalue weighted by Crippen LogP contribution is 2.08. The first-order valence-electron chi connectivity index (χ1n) is 5.38. The van der Waals surface area contributed by atoms with E-state index in [0.717, 1.165) is 6.42 Å². The highest BCUT2D eigenvalue weighted by Gasteiger charge is 2.06. The van der Waals surface area contributed by atoms with E-state index >= 15 is 0 Å². The Morgan fingerprint density at radius 1 is 1.36 bits per heavy atom. The Bertz CT molecular complexity index is 183. The quantitative estimate of drug-likeness (QED) is 0.484. The lowest BCUT2D eigenvalue weighted by Gasteiger charge is -2.05. The Kier molecular flexibility index (Phi) is 7.17. The number of esters is 1. The zero-order valence-corrected chi connectivity index (χ0v) is 9.75. The third-order valence-corrected chi connectivity index (χ3v) is 1.87. The highest BCUT2D eigenvalue weighted by atomic mass is 16.5. The van der Waals surface area contributed by atoms with Crippen molar-refractivity contribution in [3.05, 3.63) is 12.2 Å². The number of rotatable bonds is 6. The van der Waals surface area contributed by atoms with Gasteiger partial charge in [0.1, 0.15) is 0 Å². The van der Waals surface area contributed by atoms with Crippen molar-refractivity contribution in [3.8, 4) is 0 Å². The molecular weight excluding hydrogens is 176 g/mol. The zero-order chi connectivity index (χ0) is 11.0. The van der Waals surface area contributed by atoms with Crippen molar-refractivity contribution in [1.29, 1.82) is 0 Å². The van der Waals surface area contributed by atoms with E-state index in [1.54, 1.807) is 0 Å². The lowest BCUT2D eigenvalue weighted by molar-refractivity contribution is -0.143. The first-order valence-corrected chi connectivity index (χ1v) is 5.38. The van der Waals surface area contributed by atoms with E-state index < -0.39 is 0 Å². The molecule has 2 nitrogen and oxygen atoms in total. The van der Waals surface area contributed by atoms with E-state index in [0.29, 0.717) is 18.9 Å². The Balaban J connectivity index is 3.68. The molecule has 0 aromatic heterocycles. The van der Waals surface area contributed by atoms with Crippen LogP contribution in [0, 0.1) is 11.8 Å². The minimum absolute atomic E-state index is 0.103. The maximum absolute atomic E-state index is 11.1. The minimum atomic E-state index is -0.103. The molecule has 0 N–H and O–H groups in total.